The van der Waals surface area contributed by atoms with Crippen molar-refractivity contribution in [1.29, 1.82) is 0 Å². The summed E-state index contributed by atoms with van der Waals surface area (Å²) in [7, 11) is 1.81. The van der Waals surface area contributed by atoms with Crippen molar-refractivity contribution in [3.8, 4) is 0 Å². The molecule has 0 aromatic heterocycles. The van der Waals surface area contributed by atoms with Crippen molar-refractivity contribution in [2.24, 2.45) is 0 Å². The third-order valence-corrected chi connectivity index (χ3v) is 2.26. The highest BCUT2D eigenvalue weighted by molar-refractivity contribution is 5.99. The summed E-state index contributed by atoms with van der Waals surface area (Å²) in [6, 6.07) is 4.66. The van der Waals surface area contributed by atoms with Gasteiger partial charge in [-0.2, -0.15) is 0 Å². The Morgan fingerprint density at radius 3 is 2.92 bits per heavy atom. The average molecular weight is 179 g/mol. The maximum atomic E-state index is 13.2. The molecule has 0 fully saturated rings. The minimum absolute atomic E-state index is 0.00301. The van der Waals surface area contributed by atoms with E-state index < -0.39 is 0 Å². The molecule has 0 N–H and O–H groups in total. The van der Waals surface area contributed by atoms with Gasteiger partial charge in [-0.25, -0.2) is 4.39 Å². The summed E-state index contributed by atoms with van der Waals surface area (Å²) >= 11 is 0. The summed E-state index contributed by atoms with van der Waals surface area (Å²) in [5.41, 5.74) is 1.07. The monoisotopic (exact) mass is 179 g/mol. The Morgan fingerprint density at radius 1 is 1.38 bits per heavy atom. The van der Waals surface area contributed by atoms with Gasteiger partial charge in [-0.05, 0) is 13.1 Å². The zero-order chi connectivity index (χ0) is 9.42. The SMILES string of the molecule is CN1CC(=O)c2cccc(F)c2C1. The first kappa shape index (κ1) is 8.38. The molecule has 0 saturated carbocycles. The van der Waals surface area contributed by atoms with Crippen LogP contribution in [-0.4, -0.2) is 24.3 Å². The molecule has 2 rings (SSSR count). The Hall–Kier alpha value is -1.22. The number of fused-ring (bicyclic) bond motifs is 1. The molecule has 0 saturated heterocycles. The van der Waals surface area contributed by atoms with Gasteiger partial charge in [0.05, 0.1) is 6.54 Å². The van der Waals surface area contributed by atoms with Crippen molar-refractivity contribution in [2.75, 3.05) is 13.6 Å². The van der Waals surface area contributed by atoms with Crippen LogP contribution in [-0.2, 0) is 6.54 Å². The Labute approximate surface area is 76.0 Å². The number of benzene rings is 1. The second-order valence-electron chi connectivity index (χ2n) is 3.36. The van der Waals surface area contributed by atoms with Gasteiger partial charge < -0.3 is 0 Å². The minimum Gasteiger partial charge on any atom is -0.294 e. The van der Waals surface area contributed by atoms with Crippen molar-refractivity contribution in [3.05, 3.63) is 35.1 Å². The summed E-state index contributed by atoms with van der Waals surface area (Å²) in [6.45, 7) is 0.907. The first-order valence-electron chi connectivity index (χ1n) is 4.17. The number of halogens is 1. The van der Waals surface area contributed by atoms with E-state index in [-0.39, 0.29) is 11.6 Å². The van der Waals surface area contributed by atoms with Crippen molar-refractivity contribution >= 4 is 5.78 Å². The van der Waals surface area contributed by atoms with Crippen LogP contribution >= 0.6 is 0 Å². The van der Waals surface area contributed by atoms with E-state index in [0.29, 0.717) is 24.2 Å². The molecule has 1 aromatic carbocycles. The quantitative estimate of drug-likeness (QED) is 0.600. The number of carbonyl (C=O) groups is 1. The normalized spacial score (nSPS) is 17.2. The maximum absolute atomic E-state index is 13.2. The van der Waals surface area contributed by atoms with Crippen LogP contribution in [0.1, 0.15) is 15.9 Å². The number of likely N-dealkylation sites (N-methyl/N-ethyl adjacent to an activating group) is 1. The number of ketones is 1. The first-order valence-corrected chi connectivity index (χ1v) is 4.17. The van der Waals surface area contributed by atoms with E-state index in [2.05, 4.69) is 0 Å². The molecule has 13 heavy (non-hydrogen) atoms. The molecular weight excluding hydrogens is 169 g/mol. The van der Waals surface area contributed by atoms with Crippen LogP contribution in [0.25, 0.3) is 0 Å². The highest BCUT2D eigenvalue weighted by Gasteiger charge is 2.22. The van der Waals surface area contributed by atoms with Crippen LogP contribution in [0.4, 0.5) is 4.39 Å². The molecule has 1 aliphatic rings. The number of hydrogen-bond donors (Lipinski definition) is 0. The molecule has 0 unspecified atom stereocenters. The maximum Gasteiger partial charge on any atom is 0.177 e. The fraction of sp³-hybridized carbons (Fsp3) is 0.300. The zero-order valence-electron chi connectivity index (χ0n) is 7.38. The van der Waals surface area contributed by atoms with Gasteiger partial charge in [0.15, 0.2) is 5.78 Å². The van der Waals surface area contributed by atoms with Gasteiger partial charge in [0, 0.05) is 17.7 Å². The number of hydrogen-bond acceptors (Lipinski definition) is 2. The van der Waals surface area contributed by atoms with E-state index in [1.807, 2.05) is 11.9 Å². The highest BCUT2D eigenvalue weighted by atomic mass is 19.1. The fourth-order valence-electron chi connectivity index (χ4n) is 1.64. The predicted octanol–water partition coefficient (Wildman–Crippen LogP) is 1.45. The van der Waals surface area contributed by atoms with Gasteiger partial charge in [-0.1, -0.05) is 12.1 Å². The lowest BCUT2D eigenvalue weighted by Gasteiger charge is -2.23. The lowest BCUT2D eigenvalue weighted by atomic mass is 9.99. The molecule has 1 aromatic rings. The Balaban J connectivity index is 2.55. The lowest BCUT2D eigenvalue weighted by molar-refractivity contribution is 0.0920. The van der Waals surface area contributed by atoms with E-state index in [9.17, 15) is 9.18 Å². The van der Waals surface area contributed by atoms with Crippen LogP contribution in [0.5, 0.6) is 0 Å². The smallest absolute Gasteiger partial charge is 0.177 e. The molecule has 68 valence electrons. The molecule has 1 aliphatic heterocycles. The third kappa shape index (κ3) is 1.35. The third-order valence-electron chi connectivity index (χ3n) is 2.26. The second-order valence-corrected chi connectivity index (χ2v) is 3.36. The summed E-state index contributed by atoms with van der Waals surface area (Å²) in [6.07, 6.45) is 0. The minimum atomic E-state index is -0.280. The van der Waals surface area contributed by atoms with E-state index in [1.54, 1.807) is 12.1 Å². The number of Topliss-reactive ketones (excluding diaryl/α,β-unsaturated/α-hetero) is 1. The standard InChI is InChI=1S/C10H10FNO/c1-12-5-8-7(10(13)6-12)3-2-4-9(8)11/h2-4H,5-6H2,1H3. The summed E-state index contributed by atoms with van der Waals surface area (Å²) in [5, 5.41) is 0. The molecule has 2 nitrogen and oxygen atoms in total. The van der Waals surface area contributed by atoms with Crippen molar-refractivity contribution in [1.82, 2.24) is 4.90 Å². The Morgan fingerprint density at radius 2 is 2.15 bits per heavy atom. The fourth-order valence-corrected chi connectivity index (χ4v) is 1.64. The van der Waals surface area contributed by atoms with E-state index in [1.165, 1.54) is 6.07 Å². The van der Waals surface area contributed by atoms with E-state index >= 15 is 0 Å². The molecule has 0 amide bonds. The predicted molar refractivity (Wildman–Crippen MR) is 47.1 cm³/mol. The summed E-state index contributed by atoms with van der Waals surface area (Å²) in [5.74, 6) is -0.277. The van der Waals surface area contributed by atoms with E-state index in [0.717, 1.165) is 0 Å². The molecule has 1 heterocycles. The summed E-state index contributed by atoms with van der Waals surface area (Å²) < 4.78 is 13.2. The van der Waals surface area contributed by atoms with Gasteiger partial charge in [0.1, 0.15) is 5.82 Å². The van der Waals surface area contributed by atoms with Gasteiger partial charge in [-0.15, -0.1) is 0 Å². The van der Waals surface area contributed by atoms with Gasteiger partial charge in [0.25, 0.3) is 0 Å². The van der Waals surface area contributed by atoms with E-state index in [4.69, 9.17) is 0 Å². The van der Waals surface area contributed by atoms with Crippen molar-refractivity contribution in [3.63, 3.8) is 0 Å². The highest BCUT2D eigenvalue weighted by Crippen LogP contribution is 2.20. The van der Waals surface area contributed by atoms with Gasteiger partial charge >= 0.3 is 0 Å². The molecule has 0 atom stereocenters. The largest absolute Gasteiger partial charge is 0.294 e. The molecule has 0 bridgehead atoms. The van der Waals surface area contributed by atoms with Crippen LogP contribution in [0.15, 0.2) is 18.2 Å². The Bertz CT molecular complexity index is 362. The molecule has 0 spiro atoms. The van der Waals surface area contributed by atoms with Crippen LogP contribution in [0.2, 0.25) is 0 Å². The van der Waals surface area contributed by atoms with Gasteiger partial charge in [-0.3, -0.25) is 9.69 Å². The van der Waals surface area contributed by atoms with Crippen LogP contribution < -0.4 is 0 Å². The van der Waals surface area contributed by atoms with Gasteiger partial charge in [0.2, 0.25) is 0 Å². The van der Waals surface area contributed by atoms with Crippen molar-refractivity contribution < 1.29 is 9.18 Å². The average Bonchev–Trinajstić information content (AvgIpc) is 2.07. The number of carbonyl (C=O) groups excluding carboxylic acids is 1. The zero-order valence-corrected chi connectivity index (χ0v) is 7.38. The number of nitrogens with zero attached hydrogens (tertiary/aromatic N) is 1. The first-order chi connectivity index (χ1) is 6.18. The number of rotatable bonds is 0. The lowest BCUT2D eigenvalue weighted by Crippen LogP contribution is -2.32. The van der Waals surface area contributed by atoms with Crippen LogP contribution in [0.3, 0.4) is 0 Å². The second kappa shape index (κ2) is 2.92. The summed E-state index contributed by atoms with van der Waals surface area (Å²) in [4.78, 5) is 13.3. The topological polar surface area (TPSA) is 20.3 Å². The molecule has 0 aliphatic carbocycles. The molecular formula is C10H10FNO. The van der Waals surface area contributed by atoms with Crippen LogP contribution in [0, 0.1) is 5.82 Å². The molecule has 3 heteroatoms. The van der Waals surface area contributed by atoms with Crippen molar-refractivity contribution in [2.45, 2.75) is 6.54 Å². The molecule has 0 radical (unpaired) electrons. The Kier molecular flexibility index (Phi) is 1.88.